The Morgan fingerprint density at radius 3 is 2.17 bits per heavy atom. The topological polar surface area (TPSA) is 113 Å². The van der Waals surface area contributed by atoms with Crippen molar-refractivity contribution < 1.29 is 33.3 Å². The molecule has 0 spiro atoms. The fourth-order valence-corrected chi connectivity index (χ4v) is 5.71. The molecule has 3 heterocycles. The van der Waals surface area contributed by atoms with Crippen LogP contribution in [0.15, 0.2) is 41.3 Å². The summed E-state index contributed by atoms with van der Waals surface area (Å²) >= 11 is 0. The van der Waals surface area contributed by atoms with E-state index >= 15 is 0 Å². The first-order valence-corrected chi connectivity index (χ1v) is 14.3. The number of carbonyl (C=O) groups is 3. The van der Waals surface area contributed by atoms with Crippen molar-refractivity contribution in [1.29, 1.82) is 0 Å². The molecule has 1 aromatic heterocycles. The van der Waals surface area contributed by atoms with Gasteiger partial charge in [0.15, 0.2) is 11.4 Å². The van der Waals surface area contributed by atoms with Crippen LogP contribution < -0.4 is 10.2 Å². The van der Waals surface area contributed by atoms with Crippen LogP contribution in [0.1, 0.15) is 86.7 Å². The van der Waals surface area contributed by atoms with Crippen LogP contribution in [0.25, 0.3) is 0 Å². The molecule has 0 unspecified atom stereocenters. The van der Waals surface area contributed by atoms with Gasteiger partial charge in [0.05, 0.1) is 19.3 Å². The summed E-state index contributed by atoms with van der Waals surface area (Å²) in [6.07, 6.45) is 4.50. The first-order valence-electron chi connectivity index (χ1n) is 14.3. The fraction of sp³-hybridized carbons (Fsp3) is 0.548. The Balaban J connectivity index is 1.82. The second-order valence-electron chi connectivity index (χ2n) is 11.4. The Morgan fingerprint density at radius 1 is 0.927 bits per heavy atom. The van der Waals surface area contributed by atoms with E-state index < -0.39 is 29.1 Å². The van der Waals surface area contributed by atoms with Crippen LogP contribution in [0.3, 0.4) is 0 Å². The van der Waals surface area contributed by atoms with Crippen LogP contribution in [-0.2, 0) is 27.4 Å². The molecule has 1 aromatic carbocycles. The molecule has 41 heavy (non-hydrogen) atoms. The van der Waals surface area contributed by atoms with Gasteiger partial charge in [0.1, 0.15) is 17.8 Å². The van der Waals surface area contributed by atoms with Crippen LogP contribution >= 0.6 is 0 Å². The van der Waals surface area contributed by atoms with Gasteiger partial charge in [0.25, 0.3) is 0 Å². The lowest BCUT2D eigenvalue weighted by molar-refractivity contribution is -0.0451. The highest BCUT2D eigenvalue weighted by Crippen LogP contribution is 2.41. The third-order valence-electron chi connectivity index (χ3n) is 7.45. The Morgan fingerprint density at radius 2 is 1.56 bits per heavy atom. The van der Waals surface area contributed by atoms with Crippen LogP contribution in [0, 0.1) is 5.92 Å². The van der Waals surface area contributed by atoms with Gasteiger partial charge in [-0.1, -0.05) is 30.3 Å². The summed E-state index contributed by atoms with van der Waals surface area (Å²) in [5, 5.41) is 0. The van der Waals surface area contributed by atoms with E-state index in [1.165, 1.54) is 10.8 Å². The lowest BCUT2D eigenvalue weighted by atomic mass is 9.74. The monoisotopic (exact) mass is 568 g/mol. The quantitative estimate of drug-likeness (QED) is 0.308. The standard InChI is InChI=1S/C31H40N2O8/c1-6-38-28(35)23-17-32(18-24-21-13-15-22(16-14-21)33(24)30(37)41-31(3,4)5)25(29(36)39-7-2)27(26(23)34)40-19-20-11-9-8-10-12-20/h8-12,17,21-22,24H,6-7,13-16,18-19H2,1-5H3/t21?,22?,24-/m1/s1. The van der Waals surface area contributed by atoms with E-state index in [9.17, 15) is 19.2 Å². The maximum atomic E-state index is 13.6. The van der Waals surface area contributed by atoms with E-state index in [1.807, 2.05) is 51.1 Å². The van der Waals surface area contributed by atoms with Crippen molar-refractivity contribution in [3.05, 3.63) is 63.6 Å². The maximum absolute atomic E-state index is 13.6. The Bertz CT molecular complexity index is 1310. The zero-order valence-corrected chi connectivity index (χ0v) is 24.5. The number of rotatable bonds is 9. The smallest absolute Gasteiger partial charge is 0.410 e. The predicted octanol–water partition coefficient (Wildman–Crippen LogP) is 4.96. The van der Waals surface area contributed by atoms with Crippen molar-refractivity contribution in [1.82, 2.24) is 9.47 Å². The summed E-state index contributed by atoms with van der Waals surface area (Å²) in [4.78, 5) is 55.1. The maximum Gasteiger partial charge on any atom is 0.410 e. The van der Waals surface area contributed by atoms with Gasteiger partial charge in [-0.3, -0.25) is 4.79 Å². The number of hydrogen-bond donors (Lipinski definition) is 0. The lowest BCUT2D eigenvalue weighted by Crippen LogP contribution is -2.59. The highest BCUT2D eigenvalue weighted by atomic mass is 16.6. The average molecular weight is 569 g/mol. The summed E-state index contributed by atoms with van der Waals surface area (Å²) < 4.78 is 23.8. The van der Waals surface area contributed by atoms with Gasteiger partial charge >= 0.3 is 18.0 Å². The summed E-state index contributed by atoms with van der Waals surface area (Å²) in [6, 6.07) is 8.86. The second-order valence-corrected chi connectivity index (χ2v) is 11.4. The van der Waals surface area contributed by atoms with Gasteiger partial charge in [-0.15, -0.1) is 0 Å². The molecule has 10 heteroatoms. The zero-order chi connectivity index (χ0) is 29.7. The number of nitrogens with zero attached hydrogens (tertiary/aromatic N) is 2. The molecule has 2 aliphatic heterocycles. The van der Waals surface area contributed by atoms with Crippen molar-refractivity contribution in [3.63, 3.8) is 0 Å². The second kappa shape index (κ2) is 12.8. The van der Waals surface area contributed by atoms with E-state index in [0.29, 0.717) is 0 Å². The van der Waals surface area contributed by atoms with E-state index in [2.05, 4.69) is 0 Å². The fourth-order valence-electron chi connectivity index (χ4n) is 5.71. The van der Waals surface area contributed by atoms with Crippen molar-refractivity contribution in [2.24, 2.45) is 5.92 Å². The molecule has 1 atom stereocenters. The van der Waals surface area contributed by atoms with Crippen LogP contribution in [0.5, 0.6) is 5.75 Å². The number of aromatic nitrogens is 1. The summed E-state index contributed by atoms with van der Waals surface area (Å²) in [5.74, 6) is -1.71. The minimum absolute atomic E-state index is 0.00334. The number of benzene rings is 1. The molecule has 2 saturated heterocycles. The SMILES string of the molecule is CCOC(=O)c1cn(C[C@@H]2C3CCC(CC3)N2C(=O)OC(C)(C)C)c(C(=O)OCC)c(OCc2ccccc2)c1=O. The van der Waals surface area contributed by atoms with Gasteiger partial charge in [0.2, 0.25) is 5.43 Å². The predicted molar refractivity (Wildman–Crippen MR) is 151 cm³/mol. The number of piperidine rings is 2. The number of carbonyl (C=O) groups excluding carboxylic acids is 3. The highest BCUT2D eigenvalue weighted by Gasteiger charge is 2.46. The molecule has 10 nitrogen and oxygen atoms in total. The molecule has 3 fully saturated rings. The van der Waals surface area contributed by atoms with E-state index in [4.69, 9.17) is 18.9 Å². The molecule has 0 radical (unpaired) electrons. The van der Waals surface area contributed by atoms with Crippen molar-refractivity contribution in [3.8, 4) is 5.75 Å². The largest absolute Gasteiger partial charge is 0.482 e. The Kier molecular flexibility index (Phi) is 9.40. The third-order valence-corrected chi connectivity index (χ3v) is 7.45. The van der Waals surface area contributed by atoms with E-state index in [1.54, 1.807) is 18.7 Å². The molecule has 222 valence electrons. The molecule has 1 amide bonds. The molecule has 1 aliphatic carbocycles. The zero-order valence-electron chi connectivity index (χ0n) is 24.5. The van der Waals surface area contributed by atoms with Gasteiger partial charge in [0, 0.05) is 18.8 Å². The molecule has 2 bridgehead atoms. The molecule has 0 N–H and O–H groups in total. The first kappa shape index (κ1) is 30.1. The van der Waals surface area contributed by atoms with Crippen LogP contribution in [0.2, 0.25) is 0 Å². The lowest BCUT2D eigenvalue weighted by Gasteiger charge is -2.51. The number of amides is 1. The molecular weight excluding hydrogens is 528 g/mol. The normalized spacial score (nSPS) is 19.9. The number of fused-ring (bicyclic) bond motifs is 3. The average Bonchev–Trinajstić information content (AvgIpc) is 2.93. The number of esters is 2. The van der Waals surface area contributed by atoms with Gasteiger partial charge in [-0.2, -0.15) is 0 Å². The Hall–Kier alpha value is -3.82. The minimum atomic E-state index is -0.819. The van der Waals surface area contributed by atoms with Gasteiger partial charge in [-0.05, 0) is 71.8 Å². The highest BCUT2D eigenvalue weighted by molar-refractivity contribution is 5.94. The van der Waals surface area contributed by atoms with Crippen molar-refractivity contribution in [2.75, 3.05) is 13.2 Å². The molecule has 1 saturated carbocycles. The minimum Gasteiger partial charge on any atom is -0.482 e. The van der Waals surface area contributed by atoms with Gasteiger partial charge < -0.3 is 28.4 Å². The molecular formula is C31H40N2O8. The molecule has 2 aromatic rings. The van der Waals surface area contributed by atoms with Crippen molar-refractivity contribution in [2.45, 2.75) is 91.1 Å². The van der Waals surface area contributed by atoms with Crippen molar-refractivity contribution >= 4 is 18.0 Å². The van der Waals surface area contributed by atoms with Crippen LogP contribution in [-0.4, -0.2) is 58.4 Å². The summed E-state index contributed by atoms with van der Waals surface area (Å²) in [7, 11) is 0. The van der Waals surface area contributed by atoms with E-state index in [-0.39, 0.29) is 61.4 Å². The number of pyridine rings is 1. The Labute approximate surface area is 240 Å². The van der Waals surface area contributed by atoms with Crippen LogP contribution in [0.4, 0.5) is 4.79 Å². The first-order chi connectivity index (χ1) is 19.5. The third kappa shape index (κ3) is 6.92. The number of ether oxygens (including phenoxy) is 4. The molecule has 3 aliphatic rings. The summed E-state index contributed by atoms with van der Waals surface area (Å²) in [5.41, 5.74) is -1.02. The molecule has 5 rings (SSSR count). The number of hydrogen-bond acceptors (Lipinski definition) is 8. The van der Waals surface area contributed by atoms with Gasteiger partial charge in [-0.25, -0.2) is 14.4 Å². The summed E-state index contributed by atoms with van der Waals surface area (Å²) in [6.45, 7) is 9.06. The van der Waals surface area contributed by atoms with E-state index in [0.717, 1.165) is 31.2 Å².